The molecular weight excluding hydrogens is 337 g/mol. The lowest BCUT2D eigenvalue weighted by Gasteiger charge is -2.43. The quantitative estimate of drug-likeness (QED) is 0.777. The van der Waals surface area contributed by atoms with Crippen molar-refractivity contribution in [1.82, 2.24) is 9.80 Å². The van der Waals surface area contributed by atoms with Gasteiger partial charge >= 0.3 is 6.18 Å². The average Bonchev–Trinajstić information content (AvgIpc) is 2.83. The van der Waals surface area contributed by atoms with Crippen LogP contribution >= 0.6 is 0 Å². The molecule has 2 heterocycles. The van der Waals surface area contributed by atoms with Crippen LogP contribution in [0, 0.1) is 0 Å². The molecule has 1 aromatic rings. The van der Waals surface area contributed by atoms with E-state index in [0.29, 0.717) is 25.1 Å². The smallest absolute Gasteiger partial charge is 0.338 e. The summed E-state index contributed by atoms with van der Waals surface area (Å²) in [6.07, 6.45) is -3.38. The Labute approximate surface area is 142 Å². The zero-order chi connectivity index (χ0) is 18.2. The SMILES string of the molecule is O=C(CCc1ccc(C(F)(F)F)cc1)N1CC(N2C(=O)CCC2=O)C1. The van der Waals surface area contributed by atoms with Gasteiger partial charge < -0.3 is 4.90 Å². The molecule has 0 atom stereocenters. The molecule has 3 amide bonds. The molecule has 8 heteroatoms. The van der Waals surface area contributed by atoms with Gasteiger partial charge in [-0.25, -0.2) is 0 Å². The number of likely N-dealkylation sites (tertiary alicyclic amines) is 2. The van der Waals surface area contributed by atoms with E-state index in [2.05, 4.69) is 0 Å². The first-order valence-corrected chi connectivity index (χ1v) is 8.04. The number of nitrogens with zero attached hydrogens (tertiary/aromatic N) is 2. The fourth-order valence-corrected chi connectivity index (χ4v) is 3.09. The molecule has 0 aromatic heterocycles. The monoisotopic (exact) mass is 354 g/mol. The van der Waals surface area contributed by atoms with Gasteiger partial charge in [-0.15, -0.1) is 0 Å². The Morgan fingerprint density at radius 3 is 2.12 bits per heavy atom. The number of halogens is 3. The summed E-state index contributed by atoms with van der Waals surface area (Å²) in [7, 11) is 0. The summed E-state index contributed by atoms with van der Waals surface area (Å²) in [4.78, 5) is 38.2. The maximum absolute atomic E-state index is 12.5. The van der Waals surface area contributed by atoms with Gasteiger partial charge in [-0.3, -0.25) is 19.3 Å². The second kappa shape index (κ2) is 6.50. The molecule has 5 nitrogen and oxygen atoms in total. The van der Waals surface area contributed by atoms with E-state index in [0.717, 1.165) is 12.1 Å². The molecule has 25 heavy (non-hydrogen) atoms. The van der Waals surface area contributed by atoms with Crippen LogP contribution in [0.1, 0.15) is 30.4 Å². The third-order valence-corrected chi connectivity index (χ3v) is 4.58. The number of imide groups is 1. The Bertz CT molecular complexity index is 678. The first-order chi connectivity index (χ1) is 11.8. The van der Waals surface area contributed by atoms with Crippen LogP contribution in [0.5, 0.6) is 0 Å². The van der Waals surface area contributed by atoms with Gasteiger partial charge in [-0.2, -0.15) is 13.2 Å². The molecule has 2 aliphatic rings. The zero-order valence-corrected chi connectivity index (χ0v) is 13.4. The molecule has 0 N–H and O–H groups in total. The van der Waals surface area contributed by atoms with Crippen LogP contribution < -0.4 is 0 Å². The molecule has 0 aliphatic carbocycles. The van der Waals surface area contributed by atoms with Crippen molar-refractivity contribution >= 4 is 17.7 Å². The predicted octanol–water partition coefficient (Wildman–Crippen LogP) is 2.00. The van der Waals surface area contributed by atoms with Crippen LogP contribution in [0.4, 0.5) is 13.2 Å². The first kappa shape index (κ1) is 17.4. The Morgan fingerprint density at radius 1 is 1.04 bits per heavy atom. The minimum atomic E-state index is -4.37. The predicted molar refractivity (Wildman–Crippen MR) is 81.2 cm³/mol. The van der Waals surface area contributed by atoms with Crippen molar-refractivity contribution in [2.75, 3.05) is 13.1 Å². The topological polar surface area (TPSA) is 57.7 Å². The Hall–Kier alpha value is -2.38. The van der Waals surface area contributed by atoms with Crippen LogP contribution in [0.15, 0.2) is 24.3 Å². The molecule has 134 valence electrons. The van der Waals surface area contributed by atoms with E-state index < -0.39 is 11.7 Å². The molecule has 2 fully saturated rings. The fourth-order valence-electron chi connectivity index (χ4n) is 3.09. The van der Waals surface area contributed by atoms with E-state index in [9.17, 15) is 27.6 Å². The van der Waals surface area contributed by atoms with Gasteiger partial charge in [0.25, 0.3) is 0 Å². The van der Waals surface area contributed by atoms with Gasteiger partial charge in [0, 0.05) is 32.4 Å². The summed E-state index contributed by atoms with van der Waals surface area (Å²) in [5.41, 5.74) is -0.0589. The molecule has 0 radical (unpaired) electrons. The molecule has 1 aromatic carbocycles. The van der Waals surface area contributed by atoms with Crippen molar-refractivity contribution in [1.29, 1.82) is 0 Å². The van der Waals surface area contributed by atoms with Crippen molar-refractivity contribution in [3.05, 3.63) is 35.4 Å². The highest BCUT2D eigenvalue weighted by Crippen LogP contribution is 2.29. The summed E-state index contributed by atoms with van der Waals surface area (Å²) in [6.45, 7) is 0.673. The number of carbonyl (C=O) groups is 3. The second-order valence-corrected chi connectivity index (χ2v) is 6.30. The average molecular weight is 354 g/mol. The minimum absolute atomic E-state index is 0.129. The first-order valence-electron chi connectivity index (χ1n) is 8.04. The Morgan fingerprint density at radius 2 is 1.60 bits per heavy atom. The maximum atomic E-state index is 12.5. The third-order valence-electron chi connectivity index (χ3n) is 4.58. The number of aryl methyl sites for hydroxylation is 1. The summed E-state index contributed by atoms with van der Waals surface area (Å²) >= 11 is 0. The molecule has 0 spiro atoms. The zero-order valence-electron chi connectivity index (χ0n) is 13.4. The normalized spacial score (nSPS) is 18.7. The van der Waals surface area contributed by atoms with Gasteiger partial charge in [0.05, 0.1) is 11.6 Å². The van der Waals surface area contributed by atoms with Crippen molar-refractivity contribution in [3.63, 3.8) is 0 Å². The van der Waals surface area contributed by atoms with Gasteiger partial charge in [-0.05, 0) is 24.1 Å². The highest BCUT2D eigenvalue weighted by Gasteiger charge is 2.42. The molecule has 0 bridgehead atoms. The van der Waals surface area contributed by atoms with Crippen LogP contribution in [-0.4, -0.2) is 46.7 Å². The van der Waals surface area contributed by atoms with Crippen molar-refractivity contribution < 1.29 is 27.6 Å². The largest absolute Gasteiger partial charge is 0.416 e. The van der Waals surface area contributed by atoms with Crippen molar-refractivity contribution in [3.8, 4) is 0 Å². The van der Waals surface area contributed by atoms with Gasteiger partial charge in [0.2, 0.25) is 17.7 Å². The van der Waals surface area contributed by atoms with E-state index in [1.807, 2.05) is 0 Å². The Balaban J connectivity index is 1.46. The van der Waals surface area contributed by atoms with Crippen molar-refractivity contribution in [2.45, 2.75) is 37.9 Å². The standard InChI is InChI=1S/C17H17F3N2O3/c18-17(19,20)12-4-1-11(2-5-12)3-6-14(23)21-9-13(10-21)22-15(24)7-8-16(22)25/h1-2,4-5,13H,3,6-10H2. The lowest BCUT2D eigenvalue weighted by molar-refractivity contribution is -0.151. The van der Waals surface area contributed by atoms with Gasteiger partial charge in [0.15, 0.2) is 0 Å². The van der Waals surface area contributed by atoms with Crippen LogP contribution in [0.25, 0.3) is 0 Å². The van der Waals surface area contributed by atoms with Gasteiger partial charge in [0.1, 0.15) is 0 Å². The summed E-state index contributed by atoms with van der Waals surface area (Å²) < 4.78 is 37.5. The van der Waals surface area contributed by atoms with E-state index >= 15 is 0 Å². The minimum Gasteiger partial charge on any atom is -0.338 e. The summed E-state index contributed by atoms with van der Waals surface area (Å²) in [6, 6.07) is 4.51. The Kier molecular flexibility index (Phi) is 4.53. The summed E-state index contributed by atoms with van der Waals surface area (Å²) in [5.74, 6) is -0.506. The molecule has 0 saturated carbocycles. The van der Waals surface area contributed by atoms with Crippen molar-refractivity contribution in [2.24, 2.45) is 0 Å². The number of amides is 3. The number of alkyl halides is 3. The molecule has 2 saturated heterocycles. The maximum Gasteiger partial charge on any atom is 0.416 e. The fraction of sp³-hybridized carbons (Fsp3) is 0.471. The highest BCUT2D eigenvalue weighted by atomic mass is 19.4. The molecule has 2 aliphatic heterocycles. The number of hydrogen-bond donors (Lipinski definition) is 0. The van der Waals surface area contributed by atoms with Crippen LogP contribution in [-0.2, 0) is 27.0 Å². The van der Waals surface area contributed by atoms with Gasteiger partial charge in [-0.1, -0.05) is 12.1 Å². The second-order valence-electron chi connectivity index (χ2n) is 6.30. The lowest BCUT2D eigenvalue weighted by Crippen LogP contribution is -2.62. The van der Waals surface area contributed by atoms with E-state index in [1.165, 1.54) is 17.0 Å². The number of carbonyl (C=O) groups excluding carboxylic acids is 3. The van der Waals surface area contributed by atoms with Crippen LogP contribution in [0.3, 0.4) is 0 Å². The lowest BCUT2D eigenvalue weighted by atomic mass is 10.0. The van der Waals surface area contributed by atoms with E-state index in [1.54, 1.807) is 4.90 Å². The number of benzene rings is 1. The molecular formula is C17H17F3N2O3. The number of rotatable bonds is 4. The highest BCUT2D eigenvalue weighted by molar-refractivity contribution is 6.02. The molecule has 3 rings (SSSR count). The summed E-state index contributed by atoms with van der Waals surface area (Å²) in [5, 5.41) is 0. The van der Waals surface area contributed by atoms with Crippen LogP contribution in [0.2, 0.25) is 0 Å². The van der Waals surface area contributed by atoms with E-state index in [-0.39, 0.29) is 43.0 Å². The van der Waals surface area contributed by atoms with E-state index in [4.69, 9.17) is 0 Å². The number of hydrogen-bond acceptors (Lipinski definition) is 3. The molecule has 0 unspecified atom stereocenters. The third kappa shape index (κ3) is 3.67.